The molecular formula is C25H41N5O2. The van der Waals surface area contributed by atoms with Gasteiger partial charge in [-0.25, -0.2) is 4.99 Å². The Bertz CT molecular complexity index is 740. The average Bonchev–Trinajstić information content (AvgIpc) is 3.33. The maximum atomic E-state index is 12.4. The van der Waals surface area contributed by atoms with E-state index in [0.717, 1.165) is 82.3 Å². The molecule has 1 aromatic carbocycles. The highest BCUT2D eigenvalue weighted by molar-refractivity contribution is 5.92. The van der Waals surface area contributed by atoms with Gasteiger partial charge in [0, 0.05) is 43.8 Å². The van der Waals surface area contributed by atoms with Crippen molar-refractivity contribution >= 4 is 17.6 Å². The van der Waals surface area contributed by atoms with Crippen LogP contribution in [-0.4, -0.2) is 62.2 Å². The normalized spacial score (nSPS) is 19.2. The molecule has 1 heterocycles. The number of rotatable bonds is 9. The number of hydrogen-bond acceptors (Lipinski definition) is 4. The Kier molecular flexibility index (Phi) is 9.81. The fourth-order valence-electron chi connectivity index (χ4n) is 4.59. The Morgan fingerprint density at radius 3 is 2.62 bits per heavy atom. The van der Waals surface area contributed by atoms with Crippen LogP contribution in [0.4, 0.5) is 5.69 Å². The van der Waals surface area contributed by atoms with Crippen LogP contribution in [0.15, 0.2) is 29.3 Å². The summed E-state index contributed by atoms with van der Waals surface area (Å²) in [5, 5.41) is 9.99. The molecular weight excluding hydrogens is 402 g/mol. The van der Waals surface area contributed by atoms with E-state index < -0.39 is 0 Å². The van der Waals surface area contributed by atoms with Crippen molar-refractivity contribution in [3.63, 3.8) is 0 Å². The molecule has 1 aliphatic carbocycles. The summed E-state index contributed by atoms with van der Waals surface area (Å²) in [4.78, 5) is 19.8. The number of nitrogens with zero attached hydrogens (tertiary/aromatic N) is 2. The third-order valence-corrected chi connectivity index (χ3v) is 6.45. The minimum absolute atomic E-state index is 0.154. The lowest BCUT2D eigenvalue weighted by Gasteiger charge is -2.37. The molecule has 0 radical (unpaired) electrons. The van der Waals surface area contributed by atoms with Crippen LogP contribution in [-0.2, 0) is 16.1 Å². The molecule has 7 nitrogen and oxygen atoms in total. The zero-order valence-corrected chi connectivity index (χ0v) is 20.0. The number of carbonyl (C=O) groups excluding carboxylic acids is 1. The van der Waals surface area contributed by atoms with E-state index in [1.165, 1.54) is 0 Å². The van der Waals surface area contributed by atoms with Crippen molar-refractivity contribution in [2.75, 3.05) is 44.7 Å². The van der Waals surface area contributed by atoms with E-state index in [1.807, 2.05) is 18.2 Å². The lowest BCUT2D eigenvalue weighted by Crippen LogP contribution is -2.52. The molecule has 3 N–H and O–H groups in total. The topological polar surface area (TPSA) is 78.0 Å². The van der Waals surface area contributed by atoms with Gasteiger partial charge in [0.1, 0.15) is 0 Å². The van der Waals surface area contributed by atoms with Gasteiger partial charge in [0.25, 0.3) is 0 Å². The van der Waals surface area contributed by atoms with Crippen LogP contribution in [0.25, 0.3) is 0 Å². The van der Waals surface area contributed by atoms with Gasteiger partial charge < -0.3 is 20.7 Å². The largest absolute Gasteiger partial charge is 0.379 e. The van der Waals surface area contributed by atoms with Crippen molar-refractivity contribution in [2.45, 2.75) is 59.0 Å². The number of anilines is 1. The molecule has 1 unspecified atom stereocenters. The van der Waals surface area contributed by atoms with E-state index in [-0.39, 0.29) is 11.8 Å². The molecule has 1 amide bonds. The fraction of sp³-hybridized carbons (Fsp3) is 0.680. The van der Waals surface area contributed by atoms with Gasteiger partial charge in [0.15, 0.2) is 5.96 Å². The Morgan fingerprint density at radius 1 is 1.19 bits per heavy atom. The highest BCUT2D eigenvalue weighted by atomic mass is 16.5. The van der Waals surface area contributed by atoms with Crippen molar-refractivity contribution in [1.82, 2.24) is 15.5 Å². The molecule has 1 aromatic rings. The number of ether oxygens (including phenoxy) is 1. The molecule has 1 atom stereocenters. The highest BCUT2D eigenvalue weighted by Gasteiger charge is 2.24. The molecule has 7 heteroatoms. The number of carbonyl (C=O) groups is 1. The van der Waals surface area contributed by atoms with E-state index in [1.54, 1.807) is 0 Å². The van der Waals surface area contributed by atoms with Crippen LogP contribution in [0.1, 0.15) is 52.0 Å². The second kappa shape index (κ2) is 12.8. The maximum Gasteiger partial charge on any atom is 0.227 e. The first-order valence-corrected chi connectivity index (χ1v) is 12.3. The molecule has 32 heavy (non-hydrogen) atoms. The molecule has 1 saturated carbocycles. The second-order valence-corrected chi connectivity index (χ2v) is 9.21. The summed E-state index contributed by atoms with van der Waals surface area (Å²) in [6, 6.07) is 8.48. The second-order valence-electron chi connectivity index (χ2n) is 9.21. The predicted molar refractivity (Wildman–Crippen MR) is 131 cm³/mol. The third kappa shape index (κ3) is 7.48. The number of hydrogen-bond donors (Lipinski definition) is 3. The van der Waals surface area contributed by atoms with Crippen LogP contribution in [0.5, 0.6) is 0 Å². The number of nitrogens with one attached hydrogen (secondary N) is 3. The van der Waals surface area contributed by atoms with Gasteiger partial charge in [0.2, 0.25) is 5.91 Å². The zero-order valence-electron chi connectivity index (χ0n) is 20.0. The number of benzene rings is 1. The van der Waals surface area contributed by atoms with Crippen LogP contribution in [0.3, 0.4) is 0 Å². The van der Waals surface area contributed by atoms with Gasteiger partial charge in [-0.2, -0.15) is 0 Å². The number of amides is 1. The Hall–Kier alpha value is -2.12. The summed E-state index contributed by atoms with van der Waals surface area (Å²) in [6.07, 6.45) is 4.34. The standard InChI is InChI=1S/C25H41N5O2/c1-4-26-25(28-18-23(19(2)3)30-12-14-32-15-13-30)27-17-20-8-7-11-22(16-20)29-24(31)21-9-5-6-10-21/h7-8,11,16,19,21,23H,4-6,9-10,12-15,17-18H2,1-3H3,(H,29,31)(H2,26,27,28). The molecule has 0 aromatic heterocycles. The number of aliphatic imine (C=N–C) groups is 1. The monoisotopic (exact) mass is 443 g/mol. The molecule has 0 spiro atoms. The van der Waals surface area contributed by atoms with Crippen LogP contribution in [0.2, 0.25) is 0 Å². The van der Waals surface area contributed by atoms with Gasteiger partial charge in [-0.05, 0) is 43.4 Å². The van der Waals surface area contributed by atoms with Gasteiger partial charge in [-0.3, -0.25) is 9.69 Å². The molecule has 2 fully saturated rings. The first-order chi connectivity index (χ1) is 15.6. The summed E-state index contributed by atoms with van der Waals surface area (Å²) >= 11 is 0. The lowest BCUT2D eigenvalue weighted by molar-refractivity contribution is -0.119. The molecule has 2 aliphatic rings. The van der Waals surface area contributed by atoms with Crippen molar-refractivity contribution in [3.8, 4) is 0 Å². The molecule has 1 saturated heterocycles. The van der Waals surface area contributed by atoms with E-state index in [9.17, 15) is 4.79 Å². The Labute approximate surface area is 193 Å². The van der Waals surface area contributed by atoms with Crippen molar-refractivity contribution < 1.29 is 9.53 Å². The highest BCUT2D eigenvalue weighted by Crippen LogP contribution is 2.26. The summed E-state index contributed by atoms with van der Waals surface area (Å²) in [7, 11) is 0. The molecule has 3 rings (SSSR count). The van der Waals surface area contributed by atoms with E-state index in [0.29, 0.717) is 18.5 Å². The number of guanidine groups is 1. The van der Waals surface area contributed by atoms with Crippen molar-refractivity contribution in [1.29, 1.82) is 0 Å². The summed E-state index contributed by atoms with van der Waals surface area (Å²) < 4.78 is 5.52. The first-order valence-electron chi connectivity index (χ1n) is 12.3. The average molecular weight is 444 g/mol. The van der Waals surface area contributed by atoms with Crippen molar-refractivity contribution in [3.05, 3.63) is 29.8 Å². The van der Waals surface area contributed by atoms with Crippen molar-refractivity contribution in [2.24, 2.45) is 16.8 Å². The van der Waals surface area contributed by atoms with Gasteiger partial charge in [-0.15, -0.1) is 0 Å². The van der Waals surface area contributed by atoms with Crippen LogP contribution in [0, 0.1) is 11.8 Å². The Balaban J connectivity index is 1.57. The van der Waals surface area contributed by atoms with Crippen LogP contribution >= 0.6 is 0 Å². The molecule has 1 aliphatic heterocycles. The van der Waals surface area contributed by atoms with Gasteiger partial charge in [0.05, 0.1) is 19.8 Å². The Morgan fingerprint density at radius 2 is 1.94 bits per heavy atom. The van der Waals surface area contributed by atoms with E-state index in [4.69, 9.17) is 9.73 Å². The lowest BCUT2D eigenvalue weighted by atomic mass is 10.0. The fourth-order valence-corrected chi connectivity index (χ4v) is 4.59. The molecule has 0 bridgehead atoms. The van der Waals surface area contributed by atoms with Gasteiger partial charge >= 0.3 is 0 Å². The van der Waals surface area contributed by atoms with Gasteiger partial charge in [-0.1, -0.05) is 38.8 Å². The van der Waals surface area contributed by atoms with E-state index >= 15 is 0 Å². The smallest absolute Gasteiger partial charge is 0.227 e. The first kappa shape index (κ1) is 24.5. The third-order valence-electron chi connectivity index (χ3n) is 6.45. The minimum Gasteiger partial charge on any atom is -0.379 e. The maximum absolute atomic E-state index is 12.4. The number of morpholine rings is 1. The minimum atomic E-state index is 0.154. The quantitative estimate of drug-likeness (QED) is 0.403. The SMILES string of the molecule is CCNC(=NCc1cccc(NC(=O)C2CCCC2)c1)NCC(C(C)C)N1CCOCC1. The summed E-state index contributed by atoms with van der Waals surface area (Å²) in [5.41, 5.74) is 1.94. The predicted octanol–water partition coefficient (Wildman–Crippen LogP) is 3.23. The van der Waals surface area contributed by atoms with Crippen LogP contribution < -0.4 is 16.0 Å². The summed E-state index contributed by atoms with van der Waals surface area (Å²) in [6.45, 7) is 12.4. The zero-order chi connectivity index (χ0) is 22.8. The molecule has 178 valence electrons. The summed E-state index contributed by atoms with van der Waals surface area (Å²) in [5.74, 6) is 1.69. The van der Waals surface area contributed by atoms with E-state index in [2.05, 4.69) is 47.7 Å².